The Morgan fingerprint density at radius 2 is 2.29 bits per heavy atom. The highest BCUT2D eigenvalue weighted by atomic mass is 16.5. The molecule has 1 aliphatic heterocycles. The number of hydrogen-bond donors (Lipinski definition) is 1. The highest BCUT2D eigenvalue weighted by Gasteiger charge is 2.25. The van der Waals surface area contributed by atoms with Crippen LogP contribution in [0.25, 0.3) is 5.52 Å². The fourth-order valence-electron chi connectivity index (χ4n) is 3.04. The SMILES string of the molecule is CC1CN(Cc2cn3ccccc3c2C#N)CC(CO)O1. The summed E-state index contributed by atoms with van der Waals surface area (Å²) in [5.41, 5.74) is 2.69. The van der Waals surface area contributed by atoms with E-state index in [4.69, 9.17) is 4.74 Å². The van der Waals surface area contributed by atoms with Crippen molar-refractivity contribution in [3.63, 3.8) is 0 Å². The van der Waals surface area contributed by atoms with Crippen LogP contribution < -0.4 is 0 Å². The van der Waals surface area contributed by atoms with Crippen molar-refractivity contribution in [2.45, 2.75) is 25.7 Å². The van der Waals surface area contributed by atoms with Gasteiger partial charge in [0.1, 0.15) is 6.07 Å². The summed E-state index contributed by atoms with van der Waals surface area (Å²) in [4.78, 5) is 2.24. The van der Waals surface area contributed by atoms with E-state index in [0.717, 1.165) is 23.2 Å². The number of aliphatic hydroxyl groups is 1. The third kappa shape index (κ3) is 2.79. The van der Waals surface area contributed by atoms with Gasteiger partial charge in [0.25, 0.3) is 0 Å². The lowest BCUT2D eigenvalue weighted by atomic mass is 10.1. The van der Waals surface area contributed by atoms with Gasteiger partial charge >= 0.3 is 0 Å². The molecule has 2 aromatic heterocycles. The van der Waals surface area contributed by atoms with E-state index in [1.165, 1.54) is 0 Å². The number of fused-ring (bicyclic) bond motifs is 1. The van der Waals surface area contributed by atoms with Gasteiger partial charge in [-0.2, -0.15) is 5.26 Å². The summed E-state index contributed by atoms with van der Waals surface area (Å²) in [5.74, 6) is 0. The van der Waals surface area contributed by atoms with Crippen LogP contribution in [0.3, 0.4) is 0 Å². The second-order valence-corrected chi connectivity index (χ2v) is 5.58. The minimum atomic E-state index is -0.142. The van der Waals surface area contributed by atoms with E-state index in [9.17, 15) is 10.4 Å². The number of pyridine rings is 1. The Hall–Kier alpha value is -1.87. The molecule has 2 atom stereocenters. The van der Waals surface area contributed by atoms with Crippen LogP contribution in [0, 0.1) is 11.3 Å². The van der Waals surface area contributed by atoms with Crippen LogP contribution in [0.4, 0.5) is 0 Å². The number of nitriles is 1. The summed E-state index contributed by atoms with van der Waals surface area (Å²) in [7, 11) is 0. The summed E-state index contributed by atoms with van der Waals surface area (Å²) in [6, 6.07) is 8.17. The topological polar surface area (TPSA) is 60.9 Å². The average molecular weight is 285 g/mol. The first-order valence-electron chi connectivity index (χ1n) is 7.18. The molecule has 3 heterocycles. The summed E-state index contributed by atoms with van der Waals surface area (Å²) >= 11 is 0. The number of rotatable bonds is 3. The van der Waals surface area contributed by atoms with Crippen molar-refractivity contribution in [1.82, 2.24) is 9.30 Å². The van der Waals surface area contributed by atoms with Crippen molar-refractivity contribution in [1.29, 1.82) is 5.26 Å². The van der Waals surface area contributed by atoms with Crippen LogP contribution in [-0.4, -0.2) is 46.3 Å². The molecule has 1 fully saturated rings. The van der Waals surface area contributed by atoms with Gasteiger partial charge in [0, 0.05) is 37.6 Å². The van der Waals surface area contributed by atoms with Gasteiger partial charge in [-0.3, -0.25) is 4.90 Å². The summed E-state index contributed by atoms with van der Waals surface area (Å²) < 4.78 is 7.64. The van der Waals surface area contributed by atoms with Gasteiger partial charge in [0.15, 0.2) is 0 Å². The lowest BCUT2D eigenvalue weighted by Gasteiger charge is -2.35. The molecule has 0 aliphatic carbocycles. The monoisotopic (exact) mass is 285 g/mol. The zero-order chi connectivity index (χ0) is 14.8. The highest BCUT2D eigenvalue weighted by Crippen LogP contribution is 2.21. The lowest BCUT2D eigenvalue weighted by molar-refractivity contribution is -0.0972. The number of nitrogens with zero attached hydrogens (tertiary/aromatic N) is 3. The summed E-state index contributed by atoms with van der Waals surface area (Å²) in [5, 5.41) is 18.7. The van der Waals surface area contributed by atoms with Crippen molar-refractivity contribution in [2.24, 2.45) is 0 Å². The predicted octanol–water partition coefficient (Wildman–Crippen LogP) is 1.39. The first-order chi connectivity index (χ1) is 10.2. The normalized spacial score (nSPS) is 23.3. The molecule has 5 heteroatoms. The Kier molecular flexibility index (Phi) is 3.93. The molecule has 21 heavy (non-hydrogen) atoms. The zero-order valence-corrected chi connectivity index (χ0v) is 12.1. The summed E-state index contributed by atoms with van der Waals surface area (Å²) in [6.07, 6.45) is 3.93. The molecule has 0 aromatic carbocycles. The molecule has 2 aromatic rings. The lowest BCUT2D eigenvalue weighted by Crippen LogP contribution is -2.47. The van der Waals surface area contributed by atoms with Crippen molar-refractivity contribution >= 4 is 5.52 Å². The quantitative estimate of drug-likeness (QED) is 0.926. The molecular weight excluding hydrogens is 266 g/mol. The Morgan fingerprint density at radius 1 is 1.43 bits per heavy atom. The molecule has 110 valence electrons. The Morgan fingerprint density at radius 3 is 3.05 bits per heavy atom. The van der Waals surface area contributed by atoms with Gasteiger partial charge in [-0.25, -0.2) is 0 Å². The minimum absolute atomic E-state index is 0.0314. The second kappa shape index (κ2) is 5.86. The van der Waals surface area contributed by atoms with Gasteiger partial charge in [-0.1, -0.05) is 6.07 Å². The van der Waals surface area contributed by atoms with Crippen LogP contribution in [0.5, 0.6) is 0 Å². The number of aliphatic hydroxyl groups excluding tert-OH is 1. The molecule has 0 spiro atoms. The number of morpholine rings is 1. The van der Waals surface area contributed by atoms with E-state index in [1.54, 1.807) is 0 Å². The Labute approximate surface area is 124 Å². The second-order valence-electron chi connectivity index (χ2n) is 5.58. The van der Waals surface area contributed by atoms with Crippen LogP contribution in [0.1, 0.15) is 18.1 Å². The third-order valence-corrected chi connectivity index (χ3v) is 3.87. The molecular formula is C16H19N3O2. The van der Waals surface area contributed by atoms with E-state index in [1.807, 2.05) is 41.9 Å². The van der Waals surface area contributed by atoms with Crippen molar-refractivity contribution < 1.29 is 9.84 Å². The molecule has 0 radical (unpaired) electrons. The number of hydrogen-bond acceptors (Lipinski definition) is 4. The smallest absolute Gasteiger partial charge is 0.102 e. The van der Waals surface area contributed by atoms with Crippen molar-refractivity contribution in [3.8, 4) is 6.07 Å². The minimum Gasteiger partial charge on any atom is -0.394 e. The van der Waals surface area contributed by atoms with E-state index in [2.05, 4.69) is 11.0 Å². The molecule has 0 bridgehead atoms. The highest BCUT2D eigenvalue weighted by molar-refractivity contribution is 5.65. The number of ether oxygens (including phenoxy) is 1. The third-order valence-electron chi connectivity index (χ3n) is 3.87. The molecule has 2 unspecified atom stereocenters. The van der Waals surface area contributed by atoms with Crippen LogP contribution in [0.2, 0.25) is 0 Å². The first-order valence-corrected chi connectivity index (χ1v) is 7.18. The van der Waals surface area contributed by atoms with Crippen LogP contribution in [0.15, 0.2) is 30.6 Å². The largest absolute Gasteiger partial charge is 0.394 e. The molecule has 1 aliphatic rings. The Balaban J connectivity index is 1.86. The van der Waals surface area contributed by atoms with E-state index < -0.39 is 0 Å². The number of aromatic nitrogens is 1. The standard InChI is InChI=1S/C16H19N3O2/c1-12-7-18(10-14(11-20)21-12)8-13-9-19-5-3-2-4-16(19)15(13)6-17/h2-5,9,12,14,20H,7-8,10-11H2,1H3. The average Bonchev–Trinajstić information content (AvgIpc) is 2.83. The van der Waals surface area contributed by atoms with Crippen LogP contribution in [-0.2, 0) is 11.3 Å². The van der Waals surface area contributed by atoms with Gasteiger partial charge in [0.05, 0.1) is 29.9 Å². The molecule has 0 amide bonds. The van der Waals surface area contributed by atoms with E-state index in [0.29, 0.717) is 13.1 Å². The predicted molar refractivity (Wildman–Crippen MR) is 78.8 cm³/mol. The Bertz CT molecular complexity index is 674. The first kappa shape index (κ1) is 14.1. The van der Waals surface area contributed by atoms with E-state index in [-0.39, 0.29) is 18.8 Å². The van der Waals surface area contributed by atoms with E-state index >= 15 is 0 Å². The van der Waals surface area contributed by atoms with Gasteiger partial charge in [0.2, 0.25) is 0 Å². The fraction of sp³-hybridized carbons (Fsp3) is 0.438. The molecule has 1 saturated heterocycles. The van der Waals surface area contributed by atoms with Crippen molar-refractivity contribution in [2.75, 3.05) is 19.7 Å². The van der Waals surface area contributed by atoms with Crippen LogP contribution >= 0.6 is 0 Å². The molecule has 3 rings (SSSR count). The summed E-state index contributed by atoms with van der Waals surface area (Å²) in [6.45, 7) is 4.25. The van der Waals surface area contributed by atoms with Gasteiger partial charge in [-0.05, 0) is 19.1 Å². The fourth-order valence-corrected chi connectivity index (χ4v) is 3.04. The maximum atomic E-state index is 9.44. The van der Waals surface area contributed by atoms with Crippen molar-refractivity contribution in [3.05, 3.63) is 41.7 Å². The molecule has 1 N–H and O–H groups in total. The molecule has 5 nitrogen and oxygen atoms in total. The van der Waals surface area contributed by atoms with Gasteiger partial charge < -0.3 is 14.2 Å². The van der Waals surface area contributed by atoms with Gasteiger partial charge in [-0.15, -0.1) is 0 Å². The molecule has 0 saturated carbocycles. The zero-order valence-electron chi connectivity index (χ0n) is 12.1. The maximum absolute atomic E-state index is 9.44. The maximum Gasteiger partial charge on any atom is 0.102 e.